The number of hydrogen-bond acceptors (Lipinski definition) is 3. The van der Waals surface area contributed by atoms with Gasteiger partial charge in [-0.15, -0.1) is 0 Å². The van der Waals surface area contributed by atoms with Gasteiger partial charge in [0.25, 0.3) is 0 Å². The molecule has 1 aliphatic rings. The first-order valence-electron chi connectivity index (χ1n) is 7.18. The molecule has 0 spiro atoms. The average Bonchev–Trinajstić information content (AvgIpc) is 2.48. The average molecular weight is 296 g/mol. The highest BCUT2D eigenvalue weighted by molar-refractivity contribution is 6.31. The Morgan fingerprint density at radius 1 is 1.35 bits per heavy atom. The summed E-state index contributed by atoms with van der Waals surface area (Å²) in [6.45, 7) is 2.82. The number of rotatable bonds is 4. The van der Waals surface area contributed by atoms with E-state index < -0.39 is 0 Å². The number of aromatic nitrogens is 1. The van der Waals surface area contributed by atoms with Crippen molar-refractivity contribution in [2.24, 2.45) is 11.8 Å². The van der Waals surface area contributed by atoms with Crippen LogP contribution in [0.5, 0.6) is 0 Å². The van der Waals surface area contributed by atoms with E-state index in [0.29, 0.717) is 10.9 Å². The summed E-state index contributed by atoms with van der Waals surface area (Å²) in [5, 5.41) is 6.81. The van der Waals surface area contributed by atoms with Gasteiger partial charge in [0.2, 0.25) is 5.91 Å². The van der Waals surface area contributed by atoms with E-state index in [9.17, 15) is 4.79 Å². The summed E-state index contributed by atoms with van der Waals surface area (Å²) in [5.41, 5.74) is 0.847. The minimum Gasteiger partial charge on any atom is -0.370 e. The van der Waals surface area contributed by atoms with Crippen molar-refractivity contribution in [3.63, 3.8) is 0 Å². The molecule has 20 heavy (non-hydrogen) atoms. The Balaban J connectivity index is 1.78. The van der Waals surface area contributed by atoms with Crippen LogP contribution in [0.3, 0.4) is 0 Å². The van der Waals surface area contributed by atoms with Gasteiger partial charge in [0.1, 0.15) is 5.82 Å². The second kappa shape index (κ2) is 6.93. The van der Waals surface area contributed by atoms with E-state index in [-0.39, 0.29) is 11.8 Å². The third-order valence-electron chi connectivity index (χ3n) is 4.06. The molecule has 5 heteroatoms. The topological polar surface area (TPSA) is 54.0 Å². The van der Waals surface area contributed by atoms with Gasteiger partial charge in [-0.1, -0.05) is 11.6 Å². The summed E-state index contributed by atoms with van der Waals surface area (Å²) in [5.74, 6) is 1.88. The van der Waals surface area contributed by atoms with Crippen LogP contribution >= 0.6 is 11.6 Å². The van der Waals surface area contributed by atoms with Crippen molar-refractivity contribution in [1.82, 2.24) is 10.3 Å². The van der Waals surface area contributed by atoms with Gasteiger partial charge in [-0.3, -0.25) is 4.79 Å². The van der Waals surface area contributed by atoms with E-state index >= 15 is 0 Å². The molecule has 0 aromatic carbocycles. The molecule has 4 nitrogen and oxygen atoms in total. The molecular weight excluding hydrogens is 274 g/mol. The van der Waals surface area contributed by atoms with Crippen LogP contribution in [-0.2, 0) is 4.79 Å². The lowest BCUT2D eigenvalue weighted by Crippen LogP contribution is -2.32. The van der Waals surface area contributed by atoms with Crippen LogP contribution in [0.25, 0.3) is 0 Å². The zero-order valence-electron chi connectivity index (χ0n) is 12.1. The fourth-order valence-corrected chi connectivity index (χ4v) is 2.83. The molecule has 1 saturated carbocycles. The summed E-state index contributed by atoms with van der Waals surface area (Å²) < 4.78 is 0. The van der Waals surface area contributed by atoms with Crippen molar-refractivity contribution in [2.45, 2.75) is 32.6 Å². The number of anilines is 1. The van der Waals surface area contributed by atoms with Gasteiger partial charge < -0.3 is 10.6 Å². The van der Waals surface area contributed by atoms with E-state index in [1.54, 1.807) is 7.05 Å². The maximum atomic E-state index is 11.6. The van der Waals surface area contributed by atoms with Crippen LogP contribution in [0.2, 0.25) is 5.02 Å². The Morgan fingerprint density at radius 3 is 2.65 bits per heavy atom. The monoisotopic (exact) mass is 295 g/mol. The second-order valence-corrected chi connectivity index (χ2v) is 5.88. The molecule has 0 bridgehead atoms. The Morgan fingerprint density at radius 2 is 2.05 bits per heavy atom. The number of carbonyl (C=O) groups is 1. The number of amides is 1. The molecule has 1 aliphatic carbocycles. The lowest BCUT2D eigenvalue weighted by atomic mass is 9.81. The number of halogens is 1. The normalized spacial score (nSPS) is 22.4. The van der Waals surface area contributed by atoms with Gasteiger partial charge in [-0.05, 0) is 50.7 Å². The molecule has 2 N–H and O–H groups in total. The molecule has 0 atom stereocenters. The van der Waals surface area contributed by atoms with Crippen LogP contribution in [0, 0.1) is 18.8 Å². The predicted octanol–water partition coefficient (Wildman–Crippen LogP) is 3.01. The van der Waals surface area contributed by atoms with Crippen molar-refractivity contribution in [3.8, 4) is 0 Å². The van der Waals surface area contributed by atoms with E-state index in [1.165, 1.54) is 0 Å². The standard InChI is InChI=1S/C15H22ClN3O/c1-10-13(16)7-8-14(19-10)18-9-11-3-5-12(6-4-11)15(20)17-2/h7-8,11-12H,3-6,9H2,1-2H3,(H,17,20)(H,18,19). The van der Waals surface area contributed by atoms with E-state index in [1.807, 2.05) is 19.1 Å². The van der Waals surface area contributed by atoms with Gasteiger partial charge in [-0.25, -0.2) is 4.98 Å². The number of nitrogens with one attached hydrogen (secondary N) is 2. The predicted molar refractivity (Wildman–Crippen MR) is 82.0 cm³/mol. The van der Waals surface area contributed by atoms with Crippen molar-refractivity contribution >= 4 is 23.3 Å². The van der Waals surface area contributed by atoms with E-state index in [0.717, 1.165) is 43.7 Å². The highest BCUT2D eigenvalue weighted by atomic mass is 35.5. The number of pyridine rings is 1. The van der Waals surface area contributed by atoms with Gasteiger partial charge in [-0.2, -0.15) is 0 Å². The summed E-state index contributed by atoms with van der Waals surface area (Å²) >= 11 is 5.96. The van der Waals surface area contributed by atoms with Gasteiger partial charge >= 0.3 is 0 Å². The van der Waals surface area contributed by atoms with Gasteiger partial charge in [0, 0.05) is 19.5 Å². The van der Waals surface area contributed by atoms with Crippen LogP contribution in [0.15, 0.2) is 12.1 Å². The molecular formula is C15H22ClN3O. The van der Waals surface area contributed by atoms with Crippen LogP contribution in [0.1, 0.15) is 31.4 Å². The molecule has 1 fully saturated rings. The number of carbonyl (C=O) groups excluding carboxylic acids is 1. The lowest BCUT2D eigenvalue weighted by Gasteiger charge is -2.27. The zero-order valence-corrected chi connectivity index (χ0v) is 12.8. The quantitative estimate of drug-likeness (QED) is 0.898. The molecule has 110 valence electrons. The van der Waals surface area contributed by atoms with Crippen molar-refractivity contribution in [2.75, 3.05) is 18.9 Å². The third kappa shape index (κ3) is 3.85. The molecule has 0 radical (unpaired) electrons. The molecule has 1 aromatic heterocycles. The summed E-state index contributed by atoms with van der Waals surface area (Å²) in [6, 6.07) is 3.78. The Hall–Kier alpha value is -1.29. The summed E-state index contributed by atoms with van der Waals surface area (Å²) in [4.78, 5) is 16.0. The van der Waals surface area contributed by atoms with E-state index in [4.69, 9.17) is 11.6 Å². The van der Waals surface area contributed by atoms with Crippen LogP contribution in [0.4, 0.5) is 5.82 Å². The fourth-order valence-electron chi connectivity index (χ4n) is 2.72. The Kier molecular flexibility index (Phi) is 5.24. The highest BCUT2D eigenvalue weighted by Gasteiger charge is 2.25. The molecule has 0 unspecified atom stereocenters. The van der Waals surface area contributed by atoms with Crippen LogP contribution < -0.4 is 10.6 Å². The first kappa shape index (κ1) is 15.1. The lowest BCUT2D eigenvalue weighted by molar-refractivity contribution is -0.125. The van der Waals surface area contributed by atoms with Gasteiger partial charge in [0.05, 0.1) is 10.7 Å². The van der Waals surface area contributed by atoms with Crippen molar-refractivity contribution < 1.29 is 4.79 Å². The summed E-state index contributed by atoms with van der Waals surface area (Å²) in [6.07, 6.45) is 4.16. The van der Waals surface area contributed by atoms with Crippen LogP contribution in [-0.4, -0.2) is 24.5 Å². The first-order chi connectivity index (χ1) is 9.60. The molecule has 1 aromatic rings. The molecule has 0 aliphatic heterocycles. The van der Waals surface area contributed by atoms with Gasteiger partial charge in [0.15, 0.2) is 0 Å². The van der Waals surface area contributed by atoms with Crippen molar-refractivity contribution in [3.05, 3.63) is 22.8 Å². The minimum absolute atomic E-state index is 0.186. The SMILES string of the molecule is CNC(=O)C1CCC(CNc2ccc(Cl)c(C)n2)CC1. The molecule has 0 saturated heterocycles. The molecule has 1 heterocycles. The third-order valence-corrected chi connectivity index (χ3v) is 4.46. The minimum atomic E-state index is 0.186. The van der Waals surface area contributed by atoms with Crippen molar-refractivity contribution in [1.29, 1.82) is 0 Å². The first-order valence-corrected chi connectivity index (χ1v) is 7.56. The summed E-state index contributed by atoms with van der Waals surface area (Å²) in [7, 11) is 1.71. The fraction of sp³-hybridized carbons (Fsp3) is 0.600. The molecule has 2 rings (SSSR count). The largest absolute Gasteiger partial charge is 0.370 e. The second-order valence-electron chi connectivity index (χ2n) is 5.48. The zero-order chi connectivity index (χ0) is 14.5. The highest BCUT2D eigenvalue weighted by Crippen LogP contribution is 2.29. The number of aryl methyl sites for hydroxylation is 1. The maximum Gasteiger partial charge on any atom is 0.222 e. The Bertz CT molecular complexity index is 470. The maximum absolute atomic E-state index is 11.6. The number of nitrogens with zero attached hydrogens (tertiary/aromatic N) is 1. The smallest absolute Gasteiger partial charge is 0.222 e. The number of hydrogen-bond donors (Lipinski definition) is 2. The van der Waals surface area contributed by atoms with E-state index in [2.05, 4.69) is 15.6 Å². The molecule has 1 amide bonds. The Labute approximate surface area is 125 Å².